The van der Waals surface area contributed by atoms with Crippen molar-refractivity contribution in [2.75, 3.05) is 13.1 Å². The van der Waals surface area contributed by atoms with Crippen LogP contribution in [-0.2, 0) is 0 Å². The molecule has 1 N–H and O–H groups in total. The van der Waals surface area contributed by atoms with Crippen molar-refractivity contribution in [2.24, 2.45) is 0 Å². The summed E-state index contributed by atoms with van der Waals surface area (Å²) in [5, 5.41) is 10.6. The third-order valence-corrected chi connectivity index (χ3v) is 4.07. The van der Waals surface area contributed by atoms with Crippen molar-refractivity contribution in [1.29, 1.82) is 0 Å². The minimum atomic E-state index is -0.0675. The van der Waals surface area contributed by atoms with Crippen molar-refractivity contribution < 1.29 is 9.90 Å². The van der Waals surface area contributed by atoms with E-state index in [0.717, 1.165) is 13.1 Å². The molecule has 3 nitrogen and oxygen atoms in total. The van der Waals surface area contributed by atoms with Crippen LogP contribution in [0, 0.1) is 0 Å². The highest BCUT2D eigenvalue weighted by Gasteiger charge is 2.27. The average Bonchev–Trinajstić information content (AvgIpc) is 2.27. The van der Waals surface area contributed by atoms with Gasteiger partial charge in [0.25, 0.3) is 5.91 Å². The number of carbonyl (C=O) groups is 1. The Balaban J connectivity index is 2.17. The fraction of sp³-hybridized carbons (Fsp3) is 0.462. The predicted molar refractivity (Wildman–Crippen MR) is 70.5 cm³/mol. The summed E-state index contributed by atoms with van der Waals surface area (Å²) in [5.74, 6) is -0.00173. The summed E-state index contributed by atoms with van der Waals surface area (Å²) in [6.07, 6.45) is 0. The maximum Gasteiger partial charge on any atom is 0.257 e. The number of thioether (sulfide) groups is 1. The van der Waals surface area contributed by atoms with Gasteiger partial charge >= 0.3 is 0 Å². The SMILES string of the molecule is CC1CN(C(=O)c2ccccc2O)CC(C)S1. The van der Waals surface area contributed by atoms with E-state index < -0.39 is 0 Å². The van der Waals surface area contributed by atoms with Gasteiger partial charge in [0.1, 0.15) is 5.75 Å². The average molecular weight is 251 g/mol. The third kappa shape index (κ3) is 2.75. The van der Waals surface area contributed by atoms with Crippen LogP contribution in [0.5, 0.6) is 5.75 Å². The largest absolute Gasteiger partial charge is 0.507 e. The first kappa shape index (κ1) is 12.3. The standard InChI is InChI=1S/C13H17NO2S/c1-9-7-14(8-10(2)17-9)13(16)11-5-3-4-6-12(11)15/h3-6,9-10,15H,7-8H2,1-2H3. The van der Waals surface area contributed by atoms with Gasteiger partial charge in [-0.3, -0.25) is 4.79 Å². The van der Waals surface area contributed by atoms with Gasteiger partial charge in [-0.25, -0.2) is 0 Å². The van der Waals surface area contributed by atoms with Gasteiger partial charge in [0.2, 0.25) is 0 Å². The van der Waals surface area contributed by atoms with Crippen molar-refractivity contribution in [3.05, 3.63) is 29.8 Å². The molecule has 1 aliphatic heterocycles. The molecule has 0 bridgehead atoms. The number of para-hydroxylation sites is 1. The molecule has 4 heteroatoms. The smallest absolute Gasteiger partial charge is 0.257 e. The Labute approximate surface area is 106 Å². The van der Waals surface area contributed by atoms with E-state index in [4.69, 9.17) is 0 Å². The maximum atomic E-state index is 12.3. The molecule has 2 atom stereocenters. The number of rotatable bonds is 1. The van der Waals surface area contributed by atoms with Crippen molar-refractivity contribution >= 4 is 17.7 Å². The molecule has 92 valence electrons. The van der Waals surface area contributed by atoms with E-state index in [1.807, 2.05) is 16.7 Å². The fourth-order valence-electron chi connectivity index (χ4n) is 2.17. The summed E-state index contributed by atoms with van der Waals surface area (Å²) in [6.45, 7) is 5.77. The number of hydrogen-bond donors (Lipinski definition) is 1. The Morgan fingerprint density at radius 2 is 1.88 bits per heavy atom. The lowest BCUT2D eigenvalue weighted by molar-refractivity contribution is 0.0750. The zero-order chi connectivity index (χ0) is 12.4. The summed E-state index contributed by atoms with van der Waals surface area (Å²) < 4.78 is 0. The molecule has 1 aromatic carbocycles. The van der Waals surface area contributed by atoms with E-state index in [-0.39, 0.29) is 11.7 Å². The van der Waals surface area contributed by atoms with Crippen LogP contribution in [0.1, 0.15) is 24.2 Å². The molecule has 0 spiro atoms. The monoisotopic (exact) mass is 251 g/mol. The van der Waals surface area contributed by atoms with Crippen molar-refractivity contribution in [3.63, 3.8) is 0 Å². The second kappa shape index (κ2) is 5.00. The first-order chi connectivity index (χ1) is 8.08. The Hall–Kier alpha value is -1.16. The first-order valence-electron chi connectivity index (χ1n) is 5.80. The van der Waals surface area contributed by atoms with Crippen molar-refractivity contribution in [3.8, 4) is 5.75 Å². The van der Waals surface area contributed by atoms with Crippen LogP contribution in [0.25, 0.3) is 0 Å². The Morgan fingerprint density at radius 1 is 1.29 bits per heavy atom. The normalized spacial score (nSPS) is 24.7. The van der Waals surface area contributed by atoms with Gasteiger partial charge in [-0.15, -0.1) is 0 Å². The van der Waals surface area contributed by atoms with E-state index in [0.29, 0.717) is 16.1 Å². The fourth-order valence-corrected chi connectivity index (χ4v) is 3.49. The molecule has 0 aliphatic carbocycles. The number of amides is 1. The molecule has 0 aromatic heterocycles. The highest BCUT2D eigenvalue weighted by Crippen LogP contribution is 2.27. The highest BCUT2D eigenvalue weighted by molar-refractivity contribution is 8.00. The molecule has 1 fully saturated rings. The van der Waals surface area contributed by atoms with Gasteiger partial charge in [0.15, 0.2) is 0 Å². The minimum Gasteiger partial charge on any atom is -0.507 e. The van der Waals surface area contributed by atoms with E-state index in [1.165, 1.54) is 0 Å². The van der Waals surface area contributed by atoms with E-state index >= 15 is 0 Å². The number of carbonyl (C=O) groups excluding carboxylic acids is 1. The molecule has 2 rings (SSSR count). The molecular formula is C13H17NO2S. The summed E-state index contributed by atoms with van der Waals surface area (Å²) >= 11 is 1.91. The van der Waals surface area contributed by atoms with Crippen LogP contribution in [0.2, 0.25) is 0 Å². The van der Waals surface area contributed by atoms with Crippen molar-refractivity contribution in [1.82, 2.24) is 4.90 Å². The first-order valence-corrected chi connectivity index (χ1v) is 6.75. The van der Waals surface area contributed by atoms with Crippen LogP contribution >= 0.6 is 11.8 Å². The van der Waals surface area contributed by atoms with E-state index in [2.05, 4.69) is 13.8 Å². The number of hydrogen-bond acceptors (Lipinski definition) is 3. The topological polar surface area (TPSA) is 40.5 Å². The minimum absolute atomic E-state index is 0.0658. The number of nitrogens with zero attached hydrogens (tertiary/aromatic N) is 1. The molecular weight excluding hydrogens is 234 g/mol. The second-order valence-corrected chi connectivity index (χ2v) is 6.37. The van der Waals surface area contributed by atoms with Crippen LogP contribution in [0.3, 0.4) is 0 Å². The third-order valence-electron chi connectivity index (χ3n) is 2.84. The van der Waals surface area contributed by atoms with Crippen molar-refractivity contribution in [2.45, 2.75) is 24.3 Å². The number of phenols is 1. The number of benzene rings is 1. The second-order valence-electron chi connectivity index (χ2n) is 4.48. The molecule has 1 saturated heterocycles. The zero-order valence-electron chi connectivity index (χ0n) is 10.1. The van der Waals surface area contributed by atoms with E-state index in [9.17, 15) is 9.90 Å². The van der Waals surface area contributed by atoms with E-state index in [1.54, 1.807) is 24.3 Å². The summed E-state index contributed by atoms with van der Waals surface area (Å²) in [7, 11) is 0. The van der Waals surface area contributed by atoms with Gasteiger partial charge in [-0.05, 0) is 12.1 Å². The summed E-state index contributed by atoms with van der Waals surface area (Å²) in [5.41, 5.74) is 0.402. The summed E-state index contributed by atoms with van der Waals surface area (Å²) in [6, 6.07) is 6.73. The van der Waals surface area contributed by atoms with Crippen LogP contribution < -0.4 is 0 Å². The van der Waals surface area contributed by atoms with Gasteiger partial charge < -0.3 is 10.0 Å². The lowest BCUT2D eigenvalue weighted by atomic mass is 10.1. The van der Waals surface area contributed by atoms with Gasteiger partial charge in [0, 0.05) is 23.6 Å². The van der Waals surface area contributed by atoms with Crippen LogP contribution in [0.4, 0.5) is 0 Å². The molecule has 1 heterocycles. The van der Waals surface area contributed by atoms with Gasteiger partial charge in [-0.2, -0.15) is 11.8 Å². The molecule has 0 radical (unpaired) electrons. The molecule has 1 aromatic rings. The highest BCUT2D eigenvalue weighted by atomic mass is 32.2. The lowest BCUT2D eigenvalue weighted by Gasteiger charge is -2.34. The molecule has 17 heavy (non-hydrogen) atoms. The Kier molecular flexibility index (Phi) is 3.62. The van der Waals surface area contributed by atoms with Crippen LogP contribution in [0.15, 0.2) is 24.3 Å². The number of phenolic OH excluding ortho intramolecular Hbond substituents is 1. The molecule has 0 saturated carbocycles. The predicted octanol–water partition coefficient (Wildman–Crippen LogP) is 2.36. The lowest BCUT2D eigenvalue weighted by Crippen LogP contribution is -2.44. The Morgan fingerprint density at radius 3 is 2.47 bits per heavy atom. The summed E-state index contributed by atoms with van der Waals surface area (Å²) in [4.78, 5) is 14.1. The zero-order valence-corrected chi connectivity index (χ0v) is 10.9. The Bertz CT molecular complexity index is 412. The molecule has 1 amide bonds. The molecule has 1 aliphatic rings. The number of aromatic hydroxyl groups is 1. The maximum absolute atomic E-state index is 12.3. The van der Waals surface area contributed by atoms with Crippen LogP contribution in [-0.4, -0.2) is 39.5 Å². The quantitative estimate of drug-likeness (QED) is 0.833. The van der Waals surface area contributed by atoms with Gasteiger partial charge in [-0.1, -0.05) is 26.0 Å². The molecule has 2 unspecified atom stereocenters. The van der Waals surface area contributed by atoms with Gasteiger partial charge in [0.05, 0.1) is 5.56 Å².